The lowest BCUT2D eigenvalue weighted by atomic mass is 10.2. The first kappa shape index (κ1) is 15.2. The van der Waals surface area contributed by atoms with Crippen LogP contribution in [-0.2, 0) is 4.79 Å². The third kappa shape index (κ3) is 3.92. The van der Waals surface area contributed by atoms with Gasteiger partial charge in [-0.15, -0.1) is 0 Å². The minimum Gasteiger partial charge on any atom is -0.353 e. The van der Waals surface area contributed by atoms with Crippen LogP contribution in [0.15, 0.2) is 18.5 Å². The Morgan fingerprint density at radius 1 is 1.27 bits per heavy atom. The van der Waals surface area contributed by atoms with Gasteiger partial charge in [0, 0.05) is 51.7 Å². The predicted octanol–water partition coefficient (Wildman–Crippen LogP) is -0.533. The van der Waals surface area contributed by atoms with Crippen LogP contribution in [-0.4, -0.2) is 72.6 Å². The number of nitrogens with one attached hydrogen (secondary N) is 2. The van der Waals surface area contributed by atoms with Gasteiger partial charge in [0.15, 0.2) is 0 Å². The lowest BCUT2D eigenvalue weighted by molar-refractivity contribution is -0.122. The van der Waals surface area contributed by atoms with Crippen molar-refractivity contribution in [3.8, 4) is 0 Å². The number of rotatable bonds is 5. The van der Waals surface area contributed by atoms with E-state index in [2.05, 4.69) is 30.4 Å². The second-order valence-corrected chi connectivity index (χ2v) is 5.82. The van der Waals surface area contributed by atoms with Gasteiger partial charge in [-0.05, 0) is 25.5 Å². The van der Waals surface area contributed by atoms with E-state index in [0.29, 0.717) is 0 Å². The van der Waals surface area contributed by atoms with Gasteiger partial charge in [-0.2, -0.15) is 0 Å². The fourth-order valence-electron chi connectivity index (χ4n) is 2.99. The first-order valence-electron chi connectivity index (χ1n) is 8.08. The quantitative estimate of drug-likeness (QED) is 0.762. The van der Waals surface area contributed by atoms with Gasteiger partial charge in [0.1, 0.15) is 0 Å². The number of hydrogen-bond acceptors (Lipinski definition) is 6. The summed E-state index contributed by atoms with van der Waals surface area (Å²) in [6.45, 7) is 6.41. The minimum atomic E-state index is 0.0204. The summed E-state index contributed by atoms with van der Waals surface area (Å²) >= 11 is 0. The van der Waals surface area contributed by atoms with E-state index in [1.807, 2.05) is 6.07 Å². The van der Waals surface area contributed by atoms with Gasteiger partial charge in [0.25, 0.3) is 0 Å². The summed E-state index contributed by atoms with van der Waals surface area (Å²) in [6.07, 6.45) is 5.62. The lowest BCUT2D eigenvalue weighted by Crippen LogP contribution is -2.50. The van der Waals surface area contributed by atoms with Crippen LogP contribution in [0, 0.1) is 0 Å². The van der Waals surface area contributed by atoms with Crippen LogP contribution in [0.1, 0.15) is 12.8 Å². The fraction of sp³-hybridized carbons (Fsp3) is 0.667. The highest BCUT2D eigenvalue weighted by Gasteiger charge is 2.22. The van der Waals surface area contributed by atoms with Crippen molar-refractivity contribution in [2.24, 2.45) is 0 Å². The Balaban J connectivity index is 1.35. The normalized spacial score (nSPS) is 22.7. The van der Waals surface area contributed by atoms with E-state index < -0.39 is 0 Å². The van der Waals surface area contributed by atoms with Crippen molar-refractivity contribution in [3.05, 3.63) is 18.5 Å². The molecule has 1 unspecified atom stereocenters. The Morgan fingerprint density at radius 3 is 2.73 bits per heavy atom. The van der Waals surface area contributed by atoms with Crippen LogP contribution >= 0.6 is 0 Å². The van der Waals surface area contributed by atoms with E-state index in [1.165, 1.54) is 0 Å². The predicted molar refractivity (Wildman–Crippen MR) is 84.7 cm³/mol. The van der Waals surface area contributed by atoms with Crippen molar-refractivity contribution >= 4 is 11.9 Å². The molecule has 3 heterocycles. The minimum absolute atomic E-state index is 0.0204. The molecule has 0 aliphatic carbocycles. The van der Waals surface area contributed by atoms with E-state index in [0.717, 1.165) is 64.6 Å². The topological polar surface area (TPSA) is 73.4 Å². The van der Waals surface area contributed by atoms with Crippen molar-refractivity contribution in [3.63, 3.8) is 0 Å². The zero-order valence-electron chi connectivity index (χ0n) is 12.9. The highest BCUT2D eigenvalue weighted by molar-refractivity contribution is 5.81. The molecular weight excluding hydrogens is 280 g/mol. The molecule has 7 nitrogen and oxygen atoms in total. The van der Waals surface area contributed by atoms with Crippen LogP contribution < -0.4 is 15.5 Å². The van der Waals surface area contributed by atoms with Crippen molar-refractivity contribution in [2.45, 2.75) is 18.9 Å². The van der Waals surface area contributed by atoms with Gasteiger partial charge in [-0.1, -0.05) is 0 Å². The number of amides is 1. The van der Waals surface area contributed by atoms with E-state index in [9.17, 15) is 4.79 Å². The largest absolute Gasteiger partial charge is 0.353 e. The Bertz CT molecular complexity index is 468. The third-order valence-corrected chi connectivity index (χ3v) is 4.31. The molecule has 0 spiro atoms. The van der Waals surface area contributed by atoms with Gasteiger partial charge >= 0.3 is 0 Å². The maximum absolute atomic E-state index is 11.9. The standard InChI is InChI=1S/C15H24N6O/c22-14(13-3-1-4-16-13)17-7-8-20-9-11-21(12-10-20)15-18-5-2-6-19-15/h2,5-6,13,16H,1,3-4,7-12H2,(H,17,22). The number of aromatic nitrogens is 2. The molecule has 0 aromatic carbocycles. The van der Waals surface area contributed by atoms with Gasteiger partial charge in [-0.25, -0.2) is 9.97 Å². The fourth-order valence-corrected chi connectivity index (χ4v) is 2.99. The first-order chi connectivity index (χ1) is 10.8. The number of carbonyl (C=O) groups excluding carboxylic acids is 1. The highest BCUT2D eigenvalue weighted by atomic mass is 16.2. The number of hydrogen-bond donors (Lipinski definition) is 2. The van der Waals surface area contributed by atoms with Crippen LogP contribution in [0.25, 0.3) is 0 Å². The number of carbonyl (C=O) groups is 1. The second kappa shape index (κ2) is 7.51. The summed E-state index contributed by atoms with van der Waals surface area (Å²) in [5.41, 5.74) is 0. The monoisotopic (exact) mass is 304 g/mol. The van der Waals surface area contributed by atoms with Crippen LogP contribution in [0.3, 0.4) is 0 Å². The molecule has 3 rings (SSSR count). The molecule has 2 saturated heterocycles. The molecule has 0 saturated carbocycles. The number of nitrogens with zero attached hydrogens (tertiary/aromatic N) is 4. The van der Waals surface area contributed by atoms with Crippen molar-refractivity contribution in [1.82, 2.24) is 25.5 Å². The third-order valence-electron chi connectivity index (χ3n) is 4.31. The van der Waals surface area contributed by atoms with Crippen molar-refractivity contribution in [1.29, 1.82) is 0 Å². The molecule has 2 aliphatic heterocycles. The first-order valence-corrected chi connectivity index (χ1v) is 8.08. The summed E-state index contributed by atoms with van der Waals surface area (Å²) in [4.78, 5) is 25.1. The zero-order valence-corrected chi connectivity index (χ0v) is 12.9. The zero-order chi connectivity index (χ0) is 15.2. The number of anilines is 1. The Hall–Kier alpha value is -1.73. The Morgan fingerprint density at radius 2 is 2.05 bits per heavy atom. The molecule has 2 aliphatic rings. The van der Waals surface area contributed by atoms with Gasteiger partial charge in [0.05, 0.1) is 6.04 Å². The maximum atomic E-state index is 11.9. The molecule has 1 aromatic heterocycles. The molecule has 2 N–H and O–H groups in total. The summed E-state index contributed by atoms with van der Waals surface area (Å²) in [7, 11) is 0. The molecule has 1 aromatic rings. The number of piperazine rings is 1. The molecule has 1 atom stereocenters. The summed E-state index contributed by atoms with van der Waals surface area (Å²) in [5, 5.41) is 6.26. The molecule has 0 radical (unpaired) electrons. The van der Waals surface area contributed by atoms with Crippen LogP contribution in [0.4, 0.5) is 5.95 Å². The molecule has 0 bridgehead atoms. The summed E-state index contributed by atoms with van der Waals surface area (Å²) in [5.74, 6) is 0.955. The summed E-state index contributed by atoms with van der Waals surface area (Å²) < 4.78 is 0. The van der Waals surface area contributed by atoms with E-state index in [1.54, 1.807) is 12.4 Å². The van der Waals surface area contributed by atoms with Gasteiger partial charge in [0.2, 0.25) is 11.9 Å². The van der Waals surface area contributed by atoms with Gasteiger partial charge < -0.3 is 15.5 Å². The Kier molecular flexibility index (Phi) is 5.18. The molecule has 2 fully saturated rings. The van der Waals surface area contributed by atoms with Crippen LogP contribution in [0.2, 0.25) is 0 Å². The Labute approximate surface area is 131 Å². The maximum Gasteiger partial charge on any atom is 0.237 e. The second-order valence-electron chi connectivity index (χ2n) is 5.82. The van der Waals surface area contributed by atoms with E-state index >= 15 is 0 Å². The van der Waals surface area contributed by atoms with Crippen molar-refractivity contribution in [2.75, 3.05) is 50.7 Å². The highest BCUT2D eigenvalue weighted by Crippen LogP contribution is 2.09. The van der Waals surface area contributed by atoms with Gasteiger partial charge in [-0.3, -0.25) is 9.69 Å². The molecular formula is C15H24N6O. The molecule has 22 heavy (non-hydrogen) atoms. The average Bonchev–Trinajstić information content (AvgIpc) is 3.11. The SMILES string of the molecule is O=C(NCCN1CCN(c2ncccn2)CC1)C1CCCN1. The van der Waals surface area contributed by atoms with Crippen molar-refractivity contribution < 1.29 is 4.79 Å². The van der Waals surface area contributed by atoms with E-state index in [4.69, 9.17) is 0 Å². The molecule has 7 heteroatoms. The molecule has 1 amide bonds. The lowest BCUT2D eigenvalue weighted by Gasteiger charge is -2.34. The molecule has 120 valence electrons. The van der Waals surface area contributed by atoms with E-state index in [-0.39, 0.29) is 11.9 Å². The van der Waals surface area contributed by atoms with Crippen LogP contribution in [0.5, 0.6) is 0 Å². The summed E-state index contributed by atoms with van der Waals surface area (Å²) in [6, 6.07) is 1.86. The average molecular weight is 304 g/mol. The smallest absolute Gasteiger partial charge is 0.237 e.